The molecule has 0 spiro atoms. The number of piperidine rings is 1. The fraction of sp³-hybridized carbons (Fsp3) is 0.571. The molecule has 2 rings (SSSR count). The predicted octanol–water partition coefficient (Wildman–Crippen LogP) is 1.57. The molecule has 0 aromatic carbocycles. The molecule has 1 fully saturated rings. The van der Waals surface area contributed by atoms with Gasteiger partial charge >= 0.3 is 5.97 Å². The van der Waals surface area contributed by atoms with Crippen molar-refractivity contribution in [1.82, 2.24) is 4.98 Å². The largest absolute Gasteiger partial charge is 0.477 e. The van der Waals surface area contributed by atoms with Crippen LogP contribution >= 0.6 is 0 Å². The molecule has 1 atom stereocenters. The highest BCUT2D eigenvalue weighted by atomic mass is 32.2. The number of aromatic nitrogens is 1. The lowest BCUT2D eigenvalue weighted by molar-refractivity contribution is 0.0690. The van der Waals surface area contributed by atoms with Gasteiger partial charge in [-0.25, -0.2) is 18.2 Å². The molecule has 1 N–H and O–H groups in total. The summed E-state index contributed by atoms with van der Waals surface area (Å²) in [5.74, 6) is -0.290. The SMILES string of the molecule is CS(=O)(=O)CCC1CCCCN1c1cccc(C(=O)O)n1. The number of carboxylic acids is 1. The lowest BCUT2D eigenvalue weighted by atomic mass is 10.00. The van der Waals surface area contributed by atoms with Crippen molar-refractivity contribution in [2.75, 3.05) is 23.5 Å². The molecule has 0 saturated carbocycles. The van der Waals surface area contributed by atoms with Gasteiger partial charge in [0.15, 0.2) is 5.69 Å². The minimum absolute atomic E-state index is 0.0138. The summed E-state index contributed by atoms with van der Waals surface area (Å²) < 4.78 is 22.7. The average molecular weight is 312 g/mol. The van der Waals surface area contributed by atoms with E-state index in [-0.39, 0.29) is 17.5 Å². The third kappa shape index (κ3) is 4.42. The molecule has 1 aliphatic rings. The summed E-state index contributed by atoms with van der Waals surface area (Å²) in [4.78, 5) is 17.2. The minimum Gasteiger partial charge on any atom is -0.477 e. The van der Waals surface area contributed by atoms with E-state index in [0.29, 0.717) is 12.2 Å². The molecule has 1 aromatic heterocycles. The van der Waals surface area contributed by atoms with Crippen molar-refractivity contribution in [2.45, 2.75) is 31.7 Å². The van der Waals surface area contributed by atoms with Gasteiger partial charge in [0.05, 0.1) is 5.75 Å². The first kappa shape index (κ1) is 15.8. The van der Waals surface area contributed by atoms with Crippen molar-refractivity contribution in [3.63, 3.8) is 0 Å². The van der Waals surface area contributed by atoms with E-state index in [4.69, 9.17) is 5.11 Å². The first-order chi connectivity index (χ1) is 9.87. The second-order valence-electron chi connectivity index (χ2n) is 5.45. The second-order valence-corrected chi connectivity index (χ2v) is 7.71. The first-order valence-electron chi connectivity index (χ1n) is 7.01. The summed E-state index contributed by atoms with van der Waals surface area (Å²) in [6, 6.07) is 5.02. The number of aromatic carboxylic acids is 1. The summed E-state index contributed by atoms with van der Waals surface area (Å²) in [5.41, 5.74) is 0.0138. The molecule has 0 radical (unpaired) electrons. The van der Waals surface area contributed by atoms with E-state index in [9.17, 15) is 13.2 Å². The van der Waals surface area contributed by atoms with Crippen molar-refractivity contribution in [3.8, 4) is 0 Å². The normalized spacial score (nSPS) is 19.5. The molecule has 0 aliphatic carbocycles. The van der Waals surface area contributed by atoms with Crippen molar-refractivity contribution >= 4 is 21.6 Å². The summed E-state index contributed by atoms with van der Waals surface area (Å²) >= 11 is 0. The van der Waals surface area contributed by atoms with E-state index in [0.717, 1.165) is 25.8 Å². The molecule has 1 aromatic rings. The number of anilines is 1. The summed E-state index contributed by atoms with van der Waals surface area (Å²) in [6.45, 7) is 0.782. The zero-order valence-electron chi connectivity index (χ0n) is 12.0. The van der Waals surface area contributed by atoms with Crippen LogP contribution in [0.1, 0.15) is 36.2 Å². The summed E-state index contributed by atoms with van der Waals surface area (Å²) in [5, 5.41) is 9.02. The van der Waals surface area contributed by atoms with Gasteiger partial charge < -0.3 is 10.0 Å². The standard InChI is InChI=1S/C14H20N2O4S/c1-21(19,20)10-8-11-5-2-3-9-16(11)13-7-4-6-12(15-13)14(17)18/h4,6-7,11H,2-3,5,8-10H2,1H3,(H,17,18). The number of hydrogen-bond donors (Lipinski definition) is 1. The maximum Gasteiger partial charge on any atom is 0.354 e. The minimum atomic E-state index is -2.99. The molecule has 1 saturated heterocycles. The lowest BCUT2D eigenvalue weighted by Gasteiger charge is -2.36. The summed E-state index contributed by atoms with van der Waals surface area (Å²) in [7, 11) is -2.99. The second kappa shape index (κ2) is 6.43. The van der Waals surface area contributed by atoms with Crippen LogP contribution in [0.15, 0.2) is 18.2 Å². The van der Waals surface area contributed by atoms with Gasteiger partial charge in [-0.1, -0.05) is 6.07 Å². The molecule has 0 bridgehead atoms. The van der Waals surface area contributed by atoms with Gasteiger partial charge in [0, 0.05) is 18.8 Å². The number of carboxylic acid groups (broad SMARTS) is 1. The van der Waals surface area contributed by atoms with Gasteiger partial charge in [-0.05, 0) is 37.8 Å². The topological polar surface area (TPSA) is 87.6 Å². The molecule has 21 heavy (non-hydrogen) atoms. The number of hydrogen-bond acceptors (Lipinski definition) is 5. The summed E-state index contributed by atoms with van der Waals surface area (Å²) in [6.07, 6.45) is 4.77. The Labute approximate surface area is 124 Å². The van der Waals surface area contributed by atoms with Gasteiger partial charge in [0.1, 0.15) is 15.7 Å². The van der Waals surface area contributed by atoms with Crippen molar-refractivity contribution in [2.24, 2.45) is 0 Å². The lowest BCUT2D eigenvalue weighted by Crippen LogP contribution is -2.41. The Kier molecular flexibility index (Phi) is 4.82. The van der Waals surface area contributed by atoms with Crippen molar-refractivity contribution < 1.29 is 18.3 Å². The number of pyridine rings is 1. The number of sulfone groups is 1. The van der Waals surface area contributed by atoms with E-state index < -0.39 is 15.8 Å². The zero-order valence-corrected chi connectivity index (χ0v) is 12.8. The highest BCUT2D eigenvalue weighted by Gasteiger charge is 2.25. The third-order valence-electron chi connectivity index (χ3n) is 3.70. The van der Waals surface area contributed by atoms with Gasteiger partial charge in [-0.2, -0.15) is 0 Å². The van der Waals surface area contributed by atoms with Gasteiger partial charge in [-0.3, -0.25) is 0 Å². The number of rotatable bonds is 5. The average Bonchev–Trinajstić information content (AvgIpc) is 2.45. The molecule has 1 unspecified atom stereocenters. The highest BCUT2D eigenvalue weighted by molar-refractivity contribution is 7.90. The monoisotopic (exact) mass is 312 g/mol. The van der Waals surface area contributed by atoms with E-state index >= 15 is 0 Å². The van der Waals surface area contributed by atoms with Crippen LogP contribution < -0.4 is 4.90 Å². The van der Waals surface area contributed by atoms with Crippen LogP contribution in [0.25, 0.3) is 0 Å². The predicted molar refractivity (Wildman–Crippen MR) is 80.5 cm³/mol. The Morgan fingerprint density at radius 3 is 2.86 bits per heavy atom. The molecule has 1 aliphatic heterocycles. The maximum absolute atomic E-state index is 11.3. The molecule has 0 amide bonds. The highest BCUT2D eigenvalue weighted by Crippen LogP contribution is 2.25. The van der Waals surface area contributed by atoms with Crippen LogP contribution in [0.2, 0.25) is 0 Å². The smallest absolute Gasteiger partial charge is 0.354 e. The zero-order chi connectivity index (χ0) is 15.5. The molecule has 2 heterocycles. The molecule has 6 nitrogen and oxygen atoms in total. The Morgan fingerprint density at radius 2 is 2.19 bits per heavy atom. The van der Waals surface area contributed by atoms with Crippen LogP contribution in [0.5, 0.6) is 0 Å². The number of nitrogens with zero attached hydrogens (tertiary/aromatic N) is 2. The molecular formula is C14H20N2O4S. The van der Waals surface area contributed by atoms with E-state index in [1.54, 1.807) is 12.1 Å². The van der Waals surface area contributed by atoms with Crippen molar-refractivity contribution in [1.29, 1.82) is 0 Å². The quantitative estimate of drug-likeness (QED) is 0.888. The van der Waals surface area contributed by atoms with E-state index in [2.05, 4.69) is 4.98 Å². The maximum atomic E-state index is 11.3. The third-order valence-corrected chi connectivity index (χ3v) is 4.67. The Hall–Kier alpha value is -1.63. The molecule has 7 heteroatoms. The van der Waals surface area contributed by atoms with Crippen LogP contribution in [-0.4, -0.2) is 49.1 Å². The fourth-order valence-electron chi connectivity index (χ4n) is 2.65. The Morgan fingerprint density at radius 1 is 1.43 bits per heavy atom. The van der Waals surface area contributed by atoms with Crippen LogP contribution in [0.4, 0.5) is 5.82 Å². The van der Waals surface area contributed by atoms with E-state index in [1.165, 1.54) is 12.3 Å². The van der Waals surface area contributed by atoms with Crippen LogP contribution in [0, 0.1) is 0 Å². The molecular weight excluding hydrogens is 292 g/mol. The number of carbonyl (C=O) groups is 1. The van der Waals surface area contributed by atoms with Crippen LogP contribution in [-0.2, 0) is 9.84 Å². The molecule has 116 valence electrons. The van der Waals surface area contributed by atoms with Gasteiger partial charge in [-0.15, -0.1) is 0 Å². The fourth-order valence-corrected chi connectivity index (χ4v) is 3.35. The van der Waals surface area contributed by atoms with Gasteiger partial charge in [0.2, 0.25) is 0 Å². The first-order valence-corrected chi connectivity index (χ1v) is 9.07. The van der Waals surface area contributed by atoms with Crippen LogP contribution in [0.3, 0.4) is 0 Å². The van der Waals surface area contributed by atoms with E-state index in [1.807, 2.05) is 4.90 Å². The Balaban J connectivity index is 2.18. The van der Waals surface area contributed by atoms with Crippen molar-refractivity contribution in [3.05, 3.63) is 23.9 Å². The Bertz CT molecular complexity index is 615. The van der Waals surface area contributed by atoms with Gasteiger partial charge in [0.25, 0.3) is 0 Å².